The molecule has 0 aliphatic rings. The predicted octanol–water partition coefficient (Wildman–Crippen LogP) is 1.74. The minimum atomic E-state index is 0.739. The second kappa shape index (κ2) is 8.13. The van der Waals surface area contributed by atoms with Crippen LogP contribution in [0.15, 0.2) is 30.3 Å². The van der Waals surface area contributed by atoms with Gasteiger partial charge in [-0.15, -0.1) is 0 Å². The van der Waals surface area contributed by atoms with E-state index in [1.807, 2.05) is 30.3 Å². The molecule has 0 unspecified atom stereocenters. The minimum Gasteiger partial charge on any atom is -0.492 e. The first-order chi connectivity index (χ1) is 7.86. The summed E-state index contributed by atoms with van der Waals surface area (Å²) in [6.07, 6.45) is 1.05. The van der Waals surface area contributed by atoms with Gasteiger partial charge in [0.1, 0.15) is 12.4 Å². The molecule has 16 heavy (non-hydrogen) atoms. The highest BCUT2D eigenvalue weighted by molar-refractivity contribution is 5.20. The molecule has 90 valence electrons. The van der Waals surface area contributed by atoms with E-state index in [1.165, 1.54) is 0 Å². The summed E-state index contributed by atoms with van der Waals surface area (Å²) in [7, 11) is 0. The van der Waals surface area contributed by atoms with Crippen molar-refractivity contribution < 1.29 is 4.74 Å². The van der Waals surface area contributed by atoms with Crippen molar-refractivity contribution in [3.8, 4) is 5.75 Å². The fourth-order valence-electron chi connectivity index (χ4n) is 1.55. The van der Waals surface area contributed by atoms with Gasteiger partial charge in [0.05, 0.1) is 0 Å². The topological polar surface area (TPSA) is 38.5 Å². The van der Waals surface area contributed by atoms with Gasteiger partial charge in [0, 0.05) is 6.54 Å². The molecule has 3 heteroatoms. The summed E-state index contributed by atoms with van der Waals surface area (Å²) >= 11 is 0. The molecule has 0 fully saturated rings. The smallest absolute Gasteiger partial charge is 0.119 e. The molecule has 0 bridgehead atoms. The Kier molecular flexibility index (Phi) is 6.61. The predicted molar refractivity (Wildman–Crippen MR) is 67.7 cm³/mol. The number of rotatable bonds is 8. The third kappa shape index (κ3) is 5.14. The third-order valence-corrected chi connectivity index (χ3v) is 2.55. The van der Waals surface area contributed by atoms with E-state index in [0.717, 1.165) is 45.0 Å². The van der Waals surface area contributed by atoms with Crippen LogP contribution in [-0.2, 0) is 0 Å². The van der Waals surface area contributed by atoms with Gasteiger partial charge in [-0.2, -0.15) is 0 Å². The summed E-state index contributed by atoms with van der Waals surface area (Å²) in [6, 6.07) is 9.93. The zero-order chi connectivity index (χ0) is 11.6. The fourth-order valence-corrected chi connectivity index (χ4v) is 1.55. The summed E-state index contributed by atoms with van der Waals surface area (Å²) in [4.78, 5) is 2.36. The molecule has 0 aromatic heterocycles. The Morgan fingerprint density at radius 2 is 1.94 bits per heavy atom. The van der Waals surface area contributed by atoms with Crippen LogP contribution in [0.2, 0.25) is 0 Å². The lowest BCUT2D eigenvalue weighted by Crippen LogP contribution is -2.30. The number of benzene rings is 1. The minimum absolute atomic E-state index is 0.739. The Morgan fingerprint density at radius 3 is 2.56 bits per heavy atom. The maximum Gasteiger partial charge on any atom is 0.119 e. The summed E-state index contributed by atoms with van der Waals surface area (Å²) in [5, 5.41) is 0. The van der Waals surface area contributed by atoms with Crippen molar-refractivity contribution in [1.29, 1.82) is 0 Å². The number of hydrogen-bond acceptors (Lipinski definition) is 3. The molecule has 0 spiro atoms. The van der Waals surface area contributed by atoms with Crippen LogP contribution < -0.4 is 10.5 Å². The molecule has 1 rings (SSSR count). The lowest BCUT2D eigenvalue weighted by molar-refractivity contribution is 0.215. The Bertz CT molecular complexity index is 264. The van der Waals surface area contributed by atoms with Gasteiger partial charge in [-0.25, -0.2) is 0 Å². The van der Waals surface area contributed by atoms with Crippen molar-refractivity contribution in [2.24, 2.45) is 5.73 Å². The molecule has 1 aromatic rings. The largest absolute Gasteiger partial charge is 0.492 e. The molecular formula is C13H22N2O. The zero-order valence-electron chi connectivity index (χ0n) is 10.1. The molecule has 0 amide bonds. The first-order valence-corrected chi connectivity index (χ1v) is 5.97. The number of likely N-dealkylation sites (N-methyl/N-ethyl adjacent to an activating group) is 1. The van der Waals surface area contributed by atoms with Gasteiger partial charge >= 0.3 is 0 Å². The number of nitrogens with two attached hydrogens (primary N) is 1. The van der Waals surface area contributed by atoms with Gasteiger partial charge in [-0.1, -0.05) is 25.1 Å². The van der Waals surface area contributed by atoms with Crippen LogP contribution >= 0.6 is 0 Å². The Hall–Kier alpha value is -1.06. The Morgan fingerprint density at radius 1 is 1.19 bits per heavy atom. The first-order valence-electron chi connectivity index (χ1n) is 5.97. The molecule has 3 nitrogen and oxygen atoms in total. The van der Waals surface area contributed by atoms with E-state index in [-0.39, 0.29) is 0 Å². The van der Waals surface area contributed by atoms with E-state index in [0.29, 0.717) is 0 Å². The second-order valence-electron chi connectivity index (χ2n) is 3.74. The first kappa shape index (κ1) is 13.0. The van der Waals surface area contributed by atoms with E-state index in [9.17, 15) is 0 Å². The van der Waals surface area contributed by atoms with Crippen molar-refractivity contribution in [1.82, 2.24) is 4.90 Å². The van der Waals surface area contributed by atoms with E-state index in [2.05, 4.69) is 11.8 Å². The van der Waals surface area contributed by atoms with Gasteiger partial charge in [-0.3, -0.25) is 0 Å². The van der Waals surface area contributed by atoms with Crippen molar-refractivity contribution in [3.05, 3.63) is 30.3 Å². The molecule has 0 radical (unpaired) electrons. The van der Waals surface area contributed by atoms with Crippen LogP contribution in [0.4, 0.5) is 0 Å². The van der Waals surface area contributed by atoms with Crippen LogP contribution in [0.5, 0.6) is 5.75 Å². The fraction of sp³-hybridized carbons (Fsp3) is 0.538. The lowest BCUT2D eigenvalue weighted by Gasteiger charge is -2.19. The van der Waals surface area contributed by atoms with E-state index < -0.39 is 0 Å². The van der Waals surface area contributed by atoms with Gasteiger partial charge < -0.3 is 15.4 Å². The highest BCUT2D eigenvalue weighted by atomic mass is 16.5. The van der Waals surface area contributed by atoms with Crippen molar-refractivity contribution in [2.45, 2.75) is 13.3 Å². The molecular weight excluding hydrogens is 200 g/mol. The number of para-hydroxylation sites is 1. The maximum absolute atomic E-state index is 5.65. The van der Waals surface area contributed by atoms with Crippen LogP contribution in [0, 0.1) is 0 Å². The zero-order valence-corrected chi connectivity index (χ0v) is 10.1. The van der Waals surface area contributed by atoms with Gasteiger partial charge in [0.25, 0.3) is 0 Å². The Balaban J connectivity index is 2.18. The molecule has 1 aromatic carbocycles. The van der Waals surface area contributed by atoms with Crippen LogP contribution in [-0.4, -0.2) is 37.7 Å². The van der Waals surface area contributed by atoms with E-state index in [1.54, 1.807) is 0 Å². The van der Waals surface area contributed by atoms with Crippen molar-refractivity contribution in [2.75, 3.05) is 32.8 Å². The molecule has 0 atom stereocenters. The van der Waals surface area contributed by atoms with Gasteiger partial charge in [0.15, 0.2) is 0 Å². The highest BCUT2D eigenvalue weighted by Crippen LogP contribution is 2.07. The van der Waals surface area contributed by atoms with Crippen molar-refractivity contribution >= 4 is 0 Å². The molecule has 0 aliphatic carbocycles. The molecule has 0 heterocycles. The normalized spacial score (nSPS) is 10.7. The standard InChI is InChI=1S/C13H22N2O/c1-2-15(10-6-9-14)11-12-16-13-7-4-3-5-8-13/h3-5,7-8H,2,6,9-12,14H2,1H3. The van der Waals surface area contributed by atoms with Gasteiger partial charge in [0.2, 0.25) is 0 Å². The van der Waals surface area contributed by atoms with Crippen molar-refractivity contribution in [3.63, 3.8) is 0 Å². The SMILES string of the molecule is CCN(CCCN)CCOc1ccccc1. The van der Waals surface area contributed by atoms with Crippen LogP contribution in [0.1, 0.15) is 13.3 Å². The Labute approximate surface area is 98.2 Å². The maximum atomic E-state index is 5.65. The van der Waals surface area contributed by atoms with Gasteiger partial charge in [-0.05, 0) is 38.2 Å². The highest BCUT2D eigenvalue weighted by Gasteiger charge is 2.01. The summed E-state index contributed by atoms with van der Waals surface area (Å²) in [6.45, 7) is 6.74. The quantitative estimate of drug-likeness (QED) is 0.728. The molecule has 0 saturated heterocycles. The molecule has 0 aliphatic heterocycles. The number of nitrogens with zero attached hydrogens (tertiary/aromatic N) is 1. The summed E-state index contributed by atoms with van der Waals surface area (Å²) < 4.78 is 5.65. The number of ether oxygens (including phenoxy) is 1. The van der Waals surface area contributed by atoms with Crippen LogP contribution in [0.25, 0.3) is 0 Å². The lowest BCUT2D eigenvalue weighted by atomic mass is 10.3. The average molecular weight is 222 g/mol. The monoisotopic (exact) mass is 222 g/mol. The summed E-state index contributed by atoms with van der Waals surface area (Å²) in [5.41, 5.74) is 5.49. The molecule has 0 saturated carbocycles. The van der Waals surface area contributed by atoms with E-state index in [4.69, 9.17) is 10.5 Å². The van der Waals surface area contributed by atoms with E-state index >= 15 is 0 Å². The summed E-state index contributed by atoms with van der Waals surface area (Å²) in [5.74, 6) is 0.942. The number of hydrogen-bond donors (Lipinski definition) is 1. The third-order valence-electron chi connectivity index (χ3n) is 2.55. The molecule has 2 N–H and O–H groups in total. The second-order valence-corrected chi connectivity index (χ2v) is 3.74. The average Bonchev–Trinajstić information content (AvgIpc) is 2.35. The van der Waals surface area contributed by atoms with Crippen LogP contribution in [0.3, 0.4) is 0 Å².